The van der Waals surface area contributed by atoms with Gasteiger partial charge in [-0.3, -0.25) is 4.40 Å². The van der Waals surface area contributed by atoms with E-state index in [2.05, 4.69) is 31.2 Å². The summed E-state index contributed by atoms with van der Waals surface area (Å²) in [6.07, 6.45) is 5.19. The van der Waals surface area contributed by atoms with Crippen molar-refractivity contribution in [1.82, 2.24) is 14.4 Å². The Balaban J connectivity index is 1.87. The summed E-state index contributed by atoms with van der Waals surface area (Å²) in [7, 11) is 0. The van der Waals surface area contributed by atoms with Gasteiger partial charge in [0.15, 0.2) is 11.5 Å². The number of aromatic nitrogens is 3. The van der Waals surface area contributed by atoms with Gasteiger partial charge in [0.2, 0.25) is 0 Å². The summed E-state index contributed by atoms with van der Waals surface area (Å²) in [6, 6.07) is 4.85. The lowest BCUT2D eigenvalue weighted by Crippen LogP contribution is -2.04. The van der Waals surface area contributed by atoms with Crippen molar-refractivity contribution in [3.63, 3.8) is 0 Å². The van der Waals surface area contributed by atoms with Gasteiger partial charge in [0.25, 0.3) is 0 Å². The number of hydrogen-bond donors (Lipinski definition) is 1. The van der Waals surface area contributed by atoms with Crippen LogP contribution in [0.2, 0.25) is 5.02 Å². The zero-order chi connectivity index (χ0) is 14.1. The highest BCUT2D eigenvalue weighted by Gasteiger charge is 2.08. The molecule has 0 unspecified atom stereocenters. The highest BCUT2D eigenvalue weighted by molar-refractivity contribution is 9.10. The van der Waals surface area contributed by atoms with Crippen LogP contribution < -0.4 is 5.32 Å². The van der Waals surface area contributed by atoms with Crippen molar-refractivity contribution in [2.75, 3.05) is 5.32 Å². The maximum atomic E-state index is 13.8. The molecule has 1 aromatic carbocycles. The predicted molar refractivity (Wildman–Crippen MR) is 79.4 cm³/mol. The molecule has 0 amide bonds. The van der Waals surface area contributed by atoms with E-state index in [0.717, 1.165) is 11.3 Å². The molecular formula is C13H9BrClFN4. The Morgan fingerprint density at radius 3 is 3.00 bits per heavy atom. The van der Waals surface area contributed by atoms with Gasteiger partial charge in [-0.25, -0.2) is 14.4 Å². The highest BCUT2D eigenvalue weighted by Crippen LogP contribution is 2.22. The van der Waals surface area contributed by atoms with Crippen molar-refractivity contribution in [2.24, 2.45) is 0 Å². The SMILES string of the molecule is Fc1c(Cl)cccc1NCc1cnc2cnc(Br)cn12. The summed E-state index contributed by atoms with van der Waals surface area (Å²) in [6.45, 7) is 0.425. The van der Waals surface area contributed by atoms with Gasteiger partial charge in [0.1, 0.15) is 4.60 Å². The van der Waals surface area contributed by atoms with Crippen LogP contribution in [0.5, 0.6) is 0 Å². The van der Waals surface area contributed by atoms with E-state index in [-0.39, 0.29) is 5.02 Å². The molecule has 0 bridgehead atoms. The Kier molecular flexibility index (Phi) is 3.58. The van der Waals surface area contributed by atoms with E-state index in [0.29, 0.717) is 16.8 Å². The average molecular weight is 356 g/mol. The largest absolute Gasteiger partial charge is 0.377 e. The van der Waals surface area contributed by atoms with E-state index in [1.54, 1.807) is 24.5 Å². The van der Waals surface area contributed by atoms with Gasteiger partial charge >= 0.3 is 0 Å². The smallest absolute Gasteiger partial charge is 0.164 e. The fourth-order valence-corrected chi connectivity index (χ4v) is 2.35. The third kappa shape index (κ3) is 2.48. The first-order valence-electron chi connectivity index (χ1n) is 5.80. The molecule has 7 heteroatoms. The molecule has 0 aliphatic carbocycles. The first-order chi connectivity index (χ1) is 9.65. The number of nitrogens with one attached hydrogen (secondary N) is 1. The number of imidazole rings is 1. The Hall–Kier alpha value is -1.66. The Bertz CT molecular complexity index is 774. The number of benzene rings is 1. The second-order valence-electron chi connectivity index (χ2n) is 4.14. The zero-order valence-corrected chi connectivity index (χ0v) is 12.5. The van der Waals surface area contributed by atoms with Crippen LogP contribution in [0.3, 0.4) is 0 Å². The molecule has 4 nitrogen and oxygen atoms in total. The number of anilines is 1. The van der Waals surface area contributed by atoms with Crippen LogP contribution in [-0.2, 0) is 6.54 Å². The van der Waals surface area contributed by atoms with Crippen molar-refractivity contribution in [3.05, 3.63) is 57.9 Å². The van der Waals surface area contributed by atoms with E-state index < -0.39 is 5.82 Å². The van der Waals surface area contributed by atoms with Crippen LogP contribution in [0.1, 0.15) is 5.69 Å². The highest BCUT2D eigenvalue weighted by atomic mass is 79.9. The summed E-state index contributed by atoms with van der Waals surface area (Å²) in [5.41, 5.74) is 1.99. The topological polar surface area (TPSA) is 42.2 Å². The normalized spacial score (nSPS) is 10.9. The quantitative estimate of drug-likeness (QED) is 0.775. The summed E-state index contributed by atoms with van der Waals surface area (Å²) >= 11 is 9.05. The van der Waals surface area contributed by atoms with Gasteiger partial charge in [-0.2, -0.15) is 0 Å². The number of nitrogens with zero attached hydrogens (tertiary/aromatic N) is 3. The predicted octanol–water partition coefficient (Wildman–Crippen LogP) is 3.90. The van der Waals surface area contributed by atoms with Crippen LogP contribution >= 0.6 is 27.5 Å². The van der Waals surface area contributed by atoms with Crippen LogP contribution in [0.15, 0.2) is 41.4 Å². The fraction of sp³-hybridized carbons (Fsp3) is 0.0769. The first kappa shape index (κ1) is 13.3. The molecule has 0 spiro atoms. The third-order valence-electron chi connectivity index (χ3n) is 2.85. The van der Waals surface area contributed by atoms with E-state index in [1.807, 2.05) is 10.6 Å². The first-order valence-corrected chi connectivity index (χ1v) is 6.97. The minimum absolute atomic E-state index is 0.0973. The van der Waals surface area contributed by atoms with E-state index in [4.69, 9.17) is 11.6 Å². The molecule has 20 heavy (non-hydrogen) atoms. The third-order valence-corrected chi connectivity index (χ3v) is 3.55. The van der Waals surface area contributed by atoms with Gasteiger partial charge in [-0.1, -0.05) is 17.7 Å². The fourth-order valence-electron chi connectivity index (χ4n) is 1.87. The molecule has 0 fully saturated rings. The summed E-state index contributed by atoms with van der Waals surface area (Å²) < 4.78 is 16.4. The van der Waals surface area contributed by atoms with Crippen LogP contribution in [0.25, 0.3) is 5.65 Å². The Morgan fingerprint density at radius 2 is 2.15 bits per heavy atom. The molecule has 0 aliphatic rings. The average Bonchev–Trinajstić information content (AvgIpc) is 2.83. The number of halogens is 3. The number of hydrogen-bond acceptors (Lipinski definition) is 3. The Labute approximate surface area is 127 Å². The maximum Gasteiger partial charge on any atom is 0.164 e. The van der Waals surface area contributed by atoms with Crippen molar-refractivity contribution in [1.29, 1.82) is 0 Å². The molecule has 3 aromatic rings. The molecule has 1 N–H and O–H groups in total. The number of rotatable bonds is 3. The molecule has 102 valence electrons. The van der Waals surface area contributed by atoms with E-state index in [1.165, 1.54) is 6.07 Å². The van der Waals surface area contributed by atoms with Crippen LogP contribution in [-0.4, -0.2) is 14.4 Å². The standard InChI is InChI=1S/C13H9BrClFN4/c14-11-7-20-8(5-19-12(20)6-18-11)4-17-10-3-1-2-9(15)13(10)16/h1-3,5-7,17H,4H2. The van der Waals surface area contributed by atoms with E-state index in [9.17, 15) is 4.39 Å². The lowest BCUT2D eigenvalue weighted by molar-refractivity contribution is 0.630. The van der Waals surface area contributed by atoms with Crippen LogP contribution in [0, 0.1) is 5.82 Å². The Morgan fingerprint density at radius 1 is 1.30 bits per heavy atom. The summed E-state index contributed by atoms with van der Waals surface area (Å²) in [4.78, 5) is 8.33. The minimum atomic E-state index is -0.453. The molecule has 0 saturated carbocycles. The molecule has 0 atom stereocenters. The molecule has 0 saturated heterocycles. The van der Waals surface area contributed by atoms with Crippen molar-refractivity contribution < 1.29 is 4.39 Å². The molecule has 2 aromatic heterocycles. The van der Waals surface area contributed by atoms with Gasteiger partial charge in [-0.05, 0) is 28.1 Å². The molecule has 3 rings (SSSR count). The summed E-state index contributed by atoms with van der Waals surface area (Å²) in [5.74, 6) is -0.453. The zero-order valence-electron chi connectivity index (χ0n) is 10.1. The van der Waals surface area contributed by atoms with Gasteiger partial charge in [-0.15, -0.1) is 0 Å². The molecular weight excluding hydrogens is 347 g/mol. The lowest BCUT2D eigenvalue weighted by atomic mass is 10.3. The summed E-state index contributed by atoms with van der Waals surface area (Å²) in [5, 5.41) is 3.11. The lowest BCUT2D eigenvalue weighted by Gasteiger charge is -2.08. The molecule has 0 radical (unpaired) electrons. The molecule has 2 heterocycles. The second-order valence-corrected chi connectivity index (χ2v) is 5.36. The van der Waals surface area contributed by atoms with Gasteiger partial charge in [0.05, 0.1) is 35.3 Å². The maximum absolute atomic E-state index is 13.8. The van der Waals surface area contributed by atoms with Crippen molar-refractivity contribution >= 4 is 38.9 Å². The van der Waals surface area contributed by atoms with Gasteiger partial charge < -0.3 is 5.32 Å². The van der Waals surface area contributed by atoms with E-state index >= 15 is 0 Å². The van der Waals surface area contributed by atoms with Crippen molar-refractivity contribution in [3.8, 4) is 0 Å². The van der Waals surface area contributed by atoms with Gasteiger partial charge in [0, 0.05) is 6.20 Å². The minimum Gasteiger partial charge on any atom is -0.377 e. The van der Waals surface area contributed by atoms with Crippen molar-refractivity contribution in [2.45, 2.75) is 6.54 Å². The van der Waals surface area contributed by atoms with Crippen LogP contribution in [0.4, 0.5) is 10.1 Å². The second kappa shape index (κ2) is 5.38. The molecule has 0 aliphatic heterocycles. The number of fused-ring (bicyclic) bond motifs is 1. The monoisotopic (exact) mass is 354 g/mol.